The molecule has 0 aromatic heterocycles. The van der Waals surface area contributed by atoms with Gasteiger partial charge in [0.15, 0.2) is 0 Å². The molecule has 17 heavy (non-hydrogen) atoms. The second kappa shape index (κ2) is 5.54. The first-order chi connectivity index (χ1) is 8.15. The van der Waals surface area contributed by atoms with Crippen molar-refractivity contribution >= 4 is 22.0 Å². The maximum absolute atomic E-state index is 11.6. The number of benzene rings is 1. The summed E-state index contributed by atoms with van der Waals surface area (Å²) in [4.78, 5) is 11.6. The third-order valence-corrected chi connectivity index (χ3v) is 3.49. The second-order valence-electron chi connectivity index (χ2n) is 4.57. The number of halogens is 1. The van der Waals surface area contributed by atoms with Gasteiger partial charge in [-0.05, 0) is 43.4 Å². The lowest BCUT2D eigenvalue weighted by molar-refractivity contribution is 0.237. The van der Waals surface area contributed by atoms with Crippen LogP contribution in [0.15, 0.2) is 28.7 Å². The van der Waals surface area contributed by atoms with Gasteiger partial charge in [-0.2, -0.15) is 0 Å². The van der Waals surface area contributed by atoms with Gasteiger partial charge in [0.1, 0.15) is 0 Å². The molecule has 2 N–H and O–H groups in total. The highest BCUT2D eigenvalue weighted by molar-refractivity contribution is 9.10. The second-order valence-corrected chi connectivity index (χ2v) is 5.49. The third kappa shape index (κ3) is 4.04. The Kier molecular flexibility index (Phi) is 4.05. The molecule has 2 rings (SSSR count). The van der Waals surface area contributed by atoms with E-state index < -0.39 is 0 Å². The molecule has 0 aliphatic heterocycles. The first kappa shape index (κ1) is 12.4. The van der Waals surface area contributed by atoms with Crippen LogP contribution >= 0.6 is 15.9 Å². The fourth-order valence-corrected chi connectivity index (χ4v) is 1.91. The molecule has 1 atom stereocenters. The summed E-state index contributed by atoms with van der Waals surface area (Å²) in [6.45, 7) is 2.79. The van der Waals surface area contributed by atoms with Gasteiger partial charge in [-0.15, -0.1) is 0 Å². The fourth-order valence-electron chi connectivity index (χ4n) is 1.64. The van der Waals surface area contributed by atoms with E-state index in [0.717, 1.165) is 16.6 Å². The van der Waals surface area contributed by atoms with E-state index in [9.17, 15) is 4.79 Å². The number of nitrogens with one attached hydrogen (secondary N) is 2. The van der Waals surface area contributed by atoms with E-state index in [1.807, 2.05) is 31.2 Å². The van der Waals surface area contributed by atoms with Crippen molar-refractivity contribution in [2.75, 3.05) is 6.54 Å². The molecule has 92 valence electrons. The van der Waals surface area contributed by atoms with Crippen LogP contribution in [-0.2, 0) is 0 Å². The van der Waals surface area contributed by atoms with E-state index in [1.165, 1.54) is 12.8 Å². The minimum Gasteiger partial charge on any atom is -0.338 e. The lowest BCUT2D eigenvalue weighted by Gasteiger charge is -2.15. The van der Waals surface area contributed by atoms with Gasteiger partial charge in [0.25, 0.3) is 0 Å². The molecule has 1 saturated carbocycles. The smallest absolute Gasteiger partial charge is 0.315 e. The average molecular weight is 297 g/mol. The number of amides is 2. The van der Waals surface area contributed by atoms with Gasteiger partial charge in [-0.1, -0.05) is 28.1 Å². The van der Waals surface area contributed by atoms with Gasteiger partial charge in [-0.3, -0.25) is 0 Å². The summed E-state index contributed by atoms with van der Waals surface area (Å²) in [7, 11) is 0. The zero-order valence-corrected chi connectivity index (χ0v) is 11.5. The molecule has 0 spiro atoms. The molecule has 0 heterocycles. The molecule has 1 aromatic rings. The first-order valence-electron chi connectivity index (χ1n) is 5.95. The van der Waals surface area contributed by atoms with Crippen LogP contribution in [0.4, 0.5) is 4.79 Å². The van der Waals surface area contributed by atoms with Crippen LogP contribution in [-0.4, -0.2) is 12.6 Å². The summed E-state index contributed by atoms with van der Waals surface area (Å²) in [6.07, 6.45) is 2.51. The van der Waals surface area contributed by atoms with E-state index in [0.29, 0.717) is 5.92 Å². The van der Waals surface area contributed by atoms with Crippen LogP contribution in [0.5, 0.6) is 0 Å². The van der Waals surface area contributed by atoms with E-state index in [1.54, 1.807) is 0 Å². The van der Waals surface area contributed by atoms with Gasteiger partial charge in [0, 0.05) is 11.0 Å². The first-order valence-corrected chi connectivity index (χ1v) is 6.74. The average Bonchev–Trinajstić information content (AvgIpc) is 3.11. The zero-order chi connectivity index (χ0) is 12.3. The Hall–Kier alpha value is -1.03. The van der Waals surface area contributed by atoms with Crippen LogP contribution in [0.2, 0.25) is 0 Å². The van der Waals surface area contributed by atoms with Crippen molar-refractivity contribution < 1.29 is 4.79 Å². The van der Waals surface area contributed by atoms with E-state index >= 15 is 0 Å². The van der Waals surface area contributed by atoms with Gasteiger partial charge < -0.3 is 10.6 Å². The summed E-state index contributed by atoms with van der Waals surface area (Å²) < 4.78 is 1.05. The molecule has 1 fully saturated rings. The molecule has 1 aliphatic carbocycles. The maximum Gasteiger partial charge on any atom is 0.315 e. The highest BCUT2D eigenvalue weighted by Crippen LogP contribution is 2.27. The van der Waals surface area contributed by atoms with Gasteiger partial charge >= 0.3 is 6.03 Å². The minimum absolute atomic E-state index is 0.0299. The molecule has 0 radical (unpaired) electrons. The van der Waals surface area contributed by atoms with E-state index in [2.05, 4.69) is 26.6 Å². The summed E-state index contributed by atoms with van der Waals surface area (Å²) >= 11 is 3.39. The SMILES string of the molecule is C[C@@H](NC(=O)NCC1CC1)c1ccc(Br)cc1. The van der Waals surface area contributed by atoms with Gasteiger partial charge in [0.05, 0.1) is 6.04 Å². The lowest BCUT2D eigenvalue weighted by Crippen LogP contribution is -2.38. The van der Waals surface area contributed by atoms with E-state index in [4.69, 9.17) is 0 Å². The minimum atomic E-state index is -0.0766. The molecule has 2 amide bonds. The monoisotopic (exact) mass is 296 g/mol. The number of hydrogen-bond donors (Lipinski definition) is 2. The largest absolute Gasteiger partial charge is 0.338 e. The quantitative estimate of drug-likeness (QED) is 0.880. The Bertz CT molecular complexity index is 387. The van der Waals surface area contributed by atoms with Crippen molar-refractivity contribution in [3.8, 4) is 0 Å². The molecular formula is C13H17BrN2O. The Morgan fingerprint density at radius 3 is 2.65 bits per heavy atom. The predicted octanol–water partition coefficient (Wildman–Crippen LogP) is 3.22. The van der Waals surface area contributed by atoms with Crippen molar-refractivity contribution in [1.82, 2.24) is 10.6 Å². The standard InChI is InChI=1S/C13H17BrN2O/c1-9(11-4-6-12(14)7-5-11)16-13(17)15-8-10-2-3-10/h4-7,9-10H,2-3,8H2,1H3,(H2,15,16,17)/t9-/m1/s1. The molecule has 0 unspecified atom stereocenters. The topological polar surface area (TPSA) is 41.1 Å². The third-order valence-electron chi connectivity index (χ3n) is 2.97. The summed E-state index contributed by atoms with van der Waals surface area (Å²) in [5.74, 6) is 0.712. The molecule has 4 heteroatoms. The Labute approximate surface area is 110 Å². The number of hydrogen-bond acceptors (Lipinski definition) is 1. The number of carbonyl (C=O) groups excluding carboxylic acids is 1. The fraction of sp³-hybridized carbons (Fsp3) is 0.462. The van der Waals surface area contributed by atoms with Crippen molar-refractivity contribution in [2.45, 2.75) is 25.8 Å². The van der Waals surface area contributed by atoms with Crippen LogP contribution in [0.3, 0.4) is 0 Å². The highest BCUT2D eigenvalue weighted by atomic mass is 79.9. The Morgan fingerprint density at radius 1 is 1.41 bits per heavy atom. The maximum atomic E-state index is 11.6. The number of rotatable bonds is 4. The lowest BCUT2D eigenvalue weighted by atomic mass is 10.1. The predicted molar refractivity (Wildman–Crippen MR) is 71.8 cm³/mol. The molecule has 0 saturated heterocycles. The Morgan fingerprint density at radius 2 is 2.06 bits per heavy atom. The summed E-state index contributed by atoms with van der Waals surface area (Å²) in [5, 5.41) is 5.83. The number of carbonyl (C=O) groups is 1. The molecular weight excluding hydrogens is 280 g/mol. The van der Waals surface area contributed by atoms with Gasteiger partial charge in [-0.25, -0.2) is 4.79 Å². The van der Waals surface area contributed by atoms with Crippen LogP contribution in [0.25, 0.3) is 0 Å². The van der Waals surface area contributed by atoms with Crippen LogP contribution in [0.1, 0.15) is 31.4 Å². The Balaban J connectivity index is 1.80. The normalized spacial score (nSPS) is 16.4. The van der Waals surface area contributed by atoms with E-state index in [-0.39, 0.29) is 12.1 Å². The molecule has 3 nitrogen and oxygen atoms in total. The zero-order valence-electron chi connectivity index (χ0n) is 9.87. The highest BCUT2D eigenvalue weighted by Gasteiger charge is 2.21. The van der Waals surface area contributed by atoms with Crippen molar-refractivity contribution in [3.63, 3.8) is 0 Å². The van der Waals surface area contributed by atoms with Crippen LogP contribution in [0, 0.1) is 5.92 Å². The van der Waals surface area contributed by atoms with Crippen molar-refractivity contribution in [1.29, 1.82) is 0 Å². The van der Waals surface area contributed by atoms with Crippen molar-refractivity contribution in [2.24, 2.45) is 5.92 Å². The summed E-state index contributed by atoms with van der Waals surface area (Å²) in [5.41, 5.74) is 1.11. The van der Waals surface area contributed by atoms with Crippen molar-refractivity contribution in [3.05, 3.63) is 34.3 Å². The molecule has 1 aromatic carbocycles. The van der Waals surface area contributed by atoms with Crippen LogP contribution < -0.4 is 10.6 Å². The van der Waals surface area contributed by atoms with Gasteiger partial charge in [0.2, 0.25) is 0 Å². The molecule has 0 bridgehead atoms. The number of urea groups is 1. The molecule has 1 aliphatic rings. The summed E-state index contributed by atoms with van der Waals surface area (Å²) in [6, 6.07) is 7.94.